The molecule has 0 bridgehead atoms. The highest BCUT2D eigenvalue weighted by Crippen LogP contribution is 2.30. The third kappa shape index (κ3) is 2.22. The first-order valence-corrected chi connectivity index (χ1v) is 5.35. The maximum Gasteiger partial charge on any atom is 0.0931 e. The Morgan fingerprint density at radius 1 is 1.58 bits per heavy atom. The highest BCUT2D eigenvalue weighted by Gasteiger charge is 2.14. The fraction of sp³-hybridized carbons (Fsp3) is 0.556. The number of hydrogen-bond acceptors (Lipinski definition) is 2. The van der Waals surface area contributed by atoms with E-state index >= 15 is 0 Å². The Hall–Kier alpha value is -0.0500. The van der Waals surface area contributed by atoms with Crippen LogP contribution in [0.4, 0.5) is 0 Å². The standard InChI is InChI=1S/C9H14ClNS/c1-3-6(2)9(11)7-4-5-8(10)12-7/h4-6,9H,3,11H2,1-2H3. The molecule has 1 heterocycles. The number of thiophene rings is 1. The van der Waals surface area contributed by atoms with Crippen molar-refractivity contribution in [3.05, 3.63) is 21.3 Å². The van der Waals surface area contributed by atoms with E-state index in [4.69, 9.17) is 17.3 Å². The van der Waals surface area contributed by atoms with Crippen molar-refractivity contribution in [1.82, 2.24) is 0 Å². The lowest BCUT2D eigenvalue weighted by Crippen LogP contribution is -2.16. The van der Waals surface area contributed by atoms with Gasteiger partial charge in [-0.1, -0.05) is 31.9 Å². The fourth-order valence-electron chi connectivity index (χ4n) is 1.04. The Kier molecular flexibility index (Phi) is 3.56. The first-order valence-electron chi connectivity index (χ1n) is 4.16. The molecule has 2 unspecified atom stereocenters. The molecule has 1 aromatic heterocycles. The van der Waals surface area contributed by atoms with Crippen molar-refractivity contribution in [2.45, 2.75) is 26.3 Å². The highest BCUT2D eigenvalue weighted by atomic mass is 35.5. The quantitative estimate of drug-likeness (QED) is 0.800. The Labute approximate surface area is 82.5 Å². The number of nitrogens with two attached hydrogens (primary N) is 1. The van der Waals surface area contributed by atoms with Crippen molar-refractivity contribution in [3.8, 4) is 0 Å². The summed E-state index contributed by atoms with van der Waals surface area (Å²) in [5.74, 6) is 0.528. The van der Waals surface area contributed by atoms with Gasteiger partial charge in [0.15, 0.2) is 0 Å². The van der Waals surface area contributed by atoms with Crippen LogP contribution in [0, 0.1) is 5.92 Å². The summed E-state index contributed by atoms with van der Waals surface area (Å²) in [6.45, 7) is 4.32. The molecule has 0 saturated carbocycles. The van der Waals surface area contributed by atoms with Gasteiger partial charge in [-0.25, -0.2) is 0 Å². The van der Waals surface area contributed by atoms with E-state index in [2.05, 4.69) is 13.8 Å². The fourth-order valence-corrected chi connectivity index (χ4v) is 2.24. The van der Waals surface area contributed by atoms with E-state index in [-0.39, 0.29) is 6.04 Å². The lowest BCUT2D eigenvalue weighted by molar-refractivity contribution is 0.462. The second-order valence-corrected chi connectivity index (χ2v) is 4.80. The van der Waals surface area contributed by atoms with Crippen molar-refractivity contribution < 1.29 is 0 Å². The predicted octanol–water partition coefficient (Wildman–Crippen LogP) is 3.45. The molecule has 0 aliphatic heterocycles. The minimum absolute atomic E-state index is 0.146. The molecule has 0 fully saturated rings. The van der Waals surface area contributed by atoms with Gasteiger partial charge in [-0.3, -0.25) is 0 Å². The van der Waals surface area contributed by atoms with E-state index in [0.717, 1.165) is 10.8 Å². The van der Waals surface area contributed by atoms with Crippen LogP contribution in [-0.4, -0.2) is 0 Å². The van der Waals surface area contributed by atoms with Gasteiger partial charge in [0.25, 0.3) is 0 Å². The molecule has 2 N–H and O–H groups in total. The van der Waals surface area contributed by atoms with Gasteiger partial charge in [0.05, 0.1) is 4.34 Å². The number of hydrogen-bond donors (Lipinski definition) is 1. The maximum atomic E-state index is 6.01. The summed E-state index contributed by atoms with van der Waals surface area (Å²) < 4.78 is 0.823. The van der Waals surface area contributed by atoms with Crippen LogP contribution in [0.3, 0.4) is 0 Å². The largest absolute Gasteiger partial charge is 0.323 e. The molecule has 1 rings (SSSR count). The van der Waals surface area contributed by atoms with Crippen LogP contribution >= 0.6 is 22.9 Å². The molecule has 3 heteroatoms. The Bertz CT molecular complexity index is 246. The normalized spacial score (nSPS) is 16.0. The van der Waals surface area contributed by atoms with E-state index in [9.17, 15) is 0 Å². The van der Waals surface area contributed by atoms with Gasteiger partial charge in [0, 0.05) is 10.9 Å². The van der Waals surface area contributed by atoms with Gasteiger partial charge in [-0.05, 0) is 18.1 Å². The first kappa shape index (κ1) is 10.0. The van der Waals surface area contributed by atoms with Crippen molar-refractivity contribution >= 4 is 22.9 Å². The van der Waals surface area contributed by atoms with Crippen molar-refractivity contribution in [2.24, 2.45) is 11.7 Å². The van der Waals surface area contributed by atoms with E-state index in [1.165, 1.54) is 4.88 Å². The molecule has 1 aromatic rings. The lowest BCUT2D eigenvalue weighted by Gasteiger charge is -2.16. The molecule has 12 heavy (non-hydrogen) atoms. The summed E-state index contributed by atoms with van der Waals surface area (Å²) in [7, 11) is 0. The maximum absolute atomic E-state index is 6.01. The zero-order valence-electron chi connectivity index (χ0n) is 7.38. The number of halogens is 1. The second-order valence-electron chi connectivity index (χ2n) is 3.05. The molecule has 2 atom stereocenters. The average molecular weight is 204 g/mol. The Morgan fingerprint density at radius 2 is 2.25 bits per heavy atom. The summed E-state index contributed by atoms with van der Waals surface area (Å²) in [5, 5.41) is 0. The van der Waals surface area contributed by atoms with Gasteiger partial charge in [-0.15, -0.1) is 11.3 Å². The lowest BCUT2D eigenvalue weighted by atomic mass is 9.99. The third-order valence-electron chi connectivity index (χ3n) is 2.18. The van der Waals surface area contributed by atoms with Gasteiger partial charge in [0.1, 0.15) is 0 Å². The van der Waals surface area contributed by atoms with Crippen LogP contribution in [0.2, 0.25) is 4.34 Å². The summed E-state index contributed by atoms with van der Waals surface area (Å²) in [5.41, 5.74) is 6.01. The van der Waals surface area contributed by atoms with Crippen LogP contribution < -0.4 is 5.73 Å². The average Bonchev–Trinajstić information content (AvgIpc) is 2.49. The predicted molar refractivity (Wildman–Crippen MR) is 55.7 cm³/mol. The molecule has 0 aromatic carbocycles. The molecule has 0 radical (unpaired) electrons. The zero-order valence-corrected chi connectivity index (χ0v) is 8.95. The summed E-state index contributed by atoms with van der Waals surface area (Å²) in [4.78, 5) is 1.19. The van der Waals surface area contributed by atoms with Crippen LogP contribution in [-0.2, 0) is 0 Å². The summed E-state index contributed by atoms with van der Waals surface area (Å²) >= 11 is 7.40. The van der Waals surface area contributed by atoms with Crippen molar-refractivity contribution in [3.63, 3.8) is 0 Å². The van der Waals surface area contributed by atoms with Crippen LogP contribution in [0.15, 0.2) is 12.1 Å². The minimum Gasteiger partial charge on any atom is -0.323 e. The van der Waals surface area contributed by atoms with Crippen LogP contribution in [0.5, 0.6) is 0 Å². The Morgan fingerprint density at radius 3 is 2.67 bits per heavy atom. The van der Waals surface area contributed by atoms with E-state index < -0.39 is 0 Å². The van der Waals surface area contributed by atoms with Gasteiger partial charge < -0.3 is 5.73 Å². The molecule has 1 nitrogen and oxygen atoms in total. The summed E-state index contributed by atoms with van der Waals surface area (Å²) in [6.07, 6.45) is 1.11. The molecular weight excluding hydrogens is 190 g/mol. The SMILES string of the molecule is CCC(C)C(N)c1ccc(Cl)s1. The topological polar surface area (TPSA) is 26.0 Å². The third-order valence-corrected chi connectivity index (χ3v) is 3.51. The summed E-state index contributed by atoms with van der Waals surface area (Å²) in [6, 6.07) is 4.07. The van der Waals surface area contributed by atoms with Crippen molar-refractivity contribution in [2.75, 3.05) is 0 Å². The molecule has 0 aliphatic rings. The number of rotatable bonds is 3. The molecule has 0 aliphatic carbocycles. The highest BCUT2D eigenvalue weighted by molar-refractivity contribution is 7.16. The Balaban J connectivity index is 2.70. The van der Waals surface area contributed by atoms with Crippen LogP contribution in [0.25, 0.3) is 0 Å². The smallest absolute Gasteiger partial charge is 0.0931 e. The van der Waals surface area contributed by atoms with Gasteiger partial charge in [0.2, 0.25) is 0 Å². The molecule has 0 spiro atoms. The second kappa shape index (κ2) is 4.26. The minimum atomic E-state index is 0.146. The monoisotopic (exact) mass is 203 g/mol. The first-order chi connectivity index (χ1) is 5.65. The van der Waals surface area contributed by atoms with Crippen LogP contribution in [0.1, 0.15) is 31.2 Å². The van der Waals surface area contributed by atoms with Crippen molar-refractivity contribution in [1.29, 1.82) is 0 Å². The molecular formula is C9H14ClNS. The zero-order chi connectivity index (χ0) is 9.14. The van der Waals surface area contributed by atoms with Gasteiger partial charge in [-0.2, -0.15) is 0 Å². The van der Waals surface area contributed by atoms with E-state index in [1.807, 2.05) is 12.1 Å². The van der Waals surface area contributed by atoms with Gasteiger partial charge >= 0.3 is 0 Å². The molecule has 68 valence electrons. The molecule has 0 amide bonds. The van der Waals surface area contributed by atoms with E-state index in [1.54, 1.807) is 11.3 Å². The van der Waals surface area contributed by atoms with E-state index in [0.29, 0.717) is 5.92 Å². The molecule has 0 saturated heterocycles.